The highest BCUT2D eigenvalue weighted by atomic mass is 32.1. The van der Waals surface area contributed by atoms with Crippen LogP contribution >= 0.6 is 11.3 Å². The Morgan fingerprint density at radius 3 is 2.95 bits per heavy atom. The summed E-state index contributed by atoms with van der Waals surface area (Å²) in [4.78, 5) is 2.25. The molecular formula is C14H17N3OS. The molecule has 100 valence electrons. The van der Waals surface area contributed by atoms with Crippen molar-refractivity contribution in [2.45, 2.75) is 26.0 Å². The highest BCUT2D eigenvalue weighted by molar-refractivity contribution is 7.11. The topological polar surface area (TPSA) is 38.2 Å². The molecule has 0 aliphatic carbocycles. The van der Waals surface area contributed by atoms with Crippen LogP contribution in [-0.2, 0) is 13.0 Å². The zero-order valence-corrected chi connectivity index (χ0v) is 12.0. The average molecular weight is 275 g/mol. The van der Waals surface area contributed by atoms with Crippen LogP contribution in [0.2, 0.25) is 0 Å². The second-order valence-corrected chi connectivity index (χ2v) is 6.23. The molecule has 1 aromatic heterocycles. The van der Waals surface area contributed by atoms with Gasteiger partial charge in [0.15, 0.2) is 0 Å². The predicted octanol–water partition coefficient (Wildman–Crippen LogP) is 2.28. The third-order valence-corrected chi connectivity index (χ3v) is 4.03. The third-order valence-electron chi connectivity index (χ3n) is 3.20. The van der Waals surface area contributed by atoms with Crippen molar-refractivity contribution in [2.24, 2.45) is 0 Å². The van der Waals surface area contributed by atoms with Crippen molar-refractivity contribution >= 4 is 11.3 Å². The lowest BCUT2D eigenvalue weighted by Crippen LogP contribution is -2.31. The molecule has 0 amide bonds. The van der Waals surface area contributed by atoms with Gasteiger partial charge < -0.3 is 4.74 Å². The molecule has 0 fully saturated rings. The maximum atomic E-state index is 5.95. The van der Waals surface area contributed by atoms with E-state index < -0.39 is 0 Å². The van der Waals surface area contributed by atoms with Gasteiger partial charge in [0.2, 0.25) is 0 Å². The summed E-state index contributed by atoms with van der Waals surface area (Å²) in [7, 11) is 2.10. The normalized spacial score (nSPS) is 17.5. The van der Waals surface area contributed by atoms with Crippen molar-refractivity contribution < 1.29 is 4.74 Å². The monoisotopic (exact) mass is 275 g/mol. The Bertz CT molecular complexity index is 544. The summed E-state index contributed by atoms with van der Waals surface area (Å²) < 4.78 is 5.95. The maximum absolute atomic E-state index is 5.95. The summed E-state index contributed by atoms with van der Waals surface area (Å²) in [5.41, 5.74) is 1.31. The number of aryl methyl sites for hydroxylation is 1. The second kappa shape index (κ2) is 5.27. The molecule has 0 unspecified atom stereocenters. The molecule has 2 heterocycles. The van der Waals surface area contributed by atoms with E-state index in [2.05, 4.69) is 34.3 Å². The first kappa shape index (κ1) is 12.6. The molecule has 0 saturated carbocycles. The number of para-hydroxylation sites is 1. The van der Waals surface area contributed by atoms with Gasteiger partial charge in [-0.05, 0) is 25.6 Å². The van der Waals surface area contributed by atoms with Gasteiger partial charge in [0, 0.05) is 13.0 Å². The van der Waals surface area contributed by atoms with Crippen molar-refractivity contribution in [3.8, 4) is 5.75 Å². The lowest BCUT2D eigenvalue weighted by atomic mass is 10.1. The Balaban J connectivity index is 1.55. The molecule has 3 rings (SSSR count). The van der Waals surface area contributed by atoms with E-state index in [1.54, 1.807) is 11.3 Å². The summed E-state index contributed by atoms with van der Waals surface area (Å²) in [6.07, 6.45) is 1.24. The number of ether oxygens (including phenoxy) is 1. The van der Waals surface area contributed by atoms with Crippen LogP contribution in [-0.4, -0.2) is 34.8 Å². The van der Waals surface area contributed by atoms with E-state index in [1.807, 2.05) is 19.1 Å². The minimum Gasteiger partial charge on any atom is -0.488 e. The van der Waals surface area contributed by atoms with Crippen LogP contribution in [0.25, 0.3) is 0 Å². The molecule has 4 nitrogen and oxygen atoms in total. The van der Waals surface area contributed by atoms with E-state index in [4.69, 9.17) is 4.74 Å². The molecule has 0 N–H and O–H groups in total. The fraction of sp³-hybridized carbons (Fsp3) is 0.429. The van der Waals surface area contributed by atoms with E-state index in [0.29, 0.717) is 0 Å². The van der Waals surface area contributed by atoms with E-state index in [1.165, 1.54) is 5.56 Å². The Morgan fingerprint density at radius 2 is 2.21 bits per heavy atom. The minimum absolute atomic E-state index is 0.247. The SMILES string of the molecule is Cc1nnc(CN(C)C[C@@H]2Cc3ccccc3O2)s1. The van der Waals surface area contributed by atoms with Crippen molar-refractivity contribution in [1.82, 2.24) is 15.1 Å². The highest BCUT2D eigenvalue weighted by Gasteiger charge is 2.23. The summed E-state index contributed by atoms with van der Waals surface area (Å²) in [5.74, 6) is 1.03. The molecule has 19 heavy (non-hydrogen) atoms. The molecule has 0 bridgehead atoms. The molecule has 0 radical (unpaired) electrons. The van der Waals surface area contributed by atoms with Gasteiger partial charge in [0.25, 0.3) is 0 Å². The second-order valence-electron chi connectivity index (χ2n) is 4.96. The molecule has 1 aliphatic rings. The molecule has 0 saturated heterocycles. The van der Waals surface area contributed by atoms with Crippen LogP contribution in [0.3, 0.4) is 0 Å². The zero-order valence-electron chi connectivity index (χ0n) is 11.2. The zero-order chi connectivity index (χ0) is 13.2. The van der Waals surface area contributed by atoms with Gasteiger partial charge in [-0.1, -0.05) is 18.2 Å². The first-order valence-corrected chi connectivity index (χ1v) is 7.24. The Hall–Kier alpha value is -1.46. The Morgan fingerprint density at radius 1 is 1.37 bits per heavy atom. The largest absolute Gasteiger partial charge is 0.488 e. The highest BCUT2D eigenvalue weighted by Crippen LogP contribution is 2.28. The number of benzene rings is 1. The maximum Gasteiger partial charge on any atom is 0.131 e. The summed E-state index contributed by atoms with van der Waals surface area (Å²) in [6.45, 7) is 3.73. The van der Waals surface area contributed by atoms with E-state index in [0.717, 1.165) is 35.3 Å². The van der Waals surface area contributed by atoms with Crippen molar-refractivity contribution in [2.75, 3.05) is 13.6 Å². The average Bonchev–Trinajstić information content (AvgIpc) is 2.94. The summed E-state index contributed by atoms with van der Waals surface area (Å²) in [5, 5.41) is 10.3. The third kappa shape index (κ3) is 2.93. The van der Waals surface area contributed by atoms with Crippen LogP contribution in [0, 0.1) is 6.92 Å². The van der Waals surface area contributed by atoms with E-state index >= 15 is 0 Å². The van der Waals surface area contributed by atoms with Crippen molar-refractivity contribution in [3.05, 3.63) is 39.8 Å². The number of rotatable bonds is 4. The fourth-order valence-electron chi connectivity index (χ4n) is 2.40. The lowest BCUT2D eigenvalue weighted by molar-refractivity contribution is 0.165. The Labute approximate surface area is 117 Å². The first-order chi connectivity index (χ1) is 9.20. The standard InChI is InChI=1S/C14H17N3OS/c1-10-15-16-14(19-10)9-17(2)8-12-7-11-5-3-4-6-13(11)18-12/h3-6,12H,7-9H2,1-2H3/t12-/m0/s1. The lowest BCUT2D eigenvalue weighted by Gasteiger charge is -2.19. The van der Waals surface area contributed by atoms with Crippen LogP contribution in [0.15, 0.2) is 24.3 Å². The molecule has 5 heteroatoms. The van der Waals surface area contributed by atoms with E-state index in [9.17, 15) is 0 Å². The van der Waals surface area contributed by atoms with Gasteiger partial charge >= 0.3 is 0 Å². The van der Waals surface area contributed by atoms with Gasteiger partial charge in [-0.15, -0.1) is 21.5 Å². The van der Waals surface area contributed by atoms with Crippen molar-refractivity contribution in [1.29, 1.82) is 0 Å². The number of hydrogen-bond donors (Lipinski definition) is 0. The van der Waals surface area contributed by atoms with Crippen LogP contribution in [0.1, 0.15) is 15.6 Å². The van der Waals surface area contributed by atoms with Gasteiger partial charge in [-0.25, -0.2) is 0 Å². The summed E-state index contributed by atoms with van der Waals surface area (Å²) in [6, 6.07) is 8.28. The van der Waals surface area contributed by atoms with Gasteiger partial charge in [-0.3, -0.25) is 4.90 Å². The fourth-order valence-corrected chi connectivity index (χ4v) is 3.19. The Kier molecular flexibility index (Phi) is 3.48. The molecule has 2 aromatic rings. The van der Waals surface area contributed by atoms with Crippen LogP contribution < -0.4 is 4.74 Å². The molecule has 1 aromatic carbocycles. The number of likely N-dealkylation sites (N-methyl/N-ethyl adjacent to an activating group) is 1. The van der Waals surface area contributed by atoms with Crippen molar-refractivity contribution in [3.63, 3.8) is 0 Å². The molecule has 0 spiro atoms. The number of nitrogens with zero attached hydrogens (tertiary/aromatic N) is 3. The van der Waals surface area contributed by atoms with E-state index in [-0.39, 0.29) is 6.10 Å². The van der Waals surface area contributed by atoms with Crippen LogP contribution in [0.5, 0.6) is 5.75 Å². The smallest absolute Gasteiger partial charge is 0.131 e. The van der Waals surface area contributed by atoms with Crippen LogP contribution in [0.4, 0.5) is 0 Å². The quantitative estimate of drug-likeness (QED) is 0.858. The minimum atomic E-state index is 0.247. The van der Waals surface area contributed by atoms with Gasteiger partial charge in [0.1, 0.15) is 21.9 Å². The van der Waals surface area contributed by atoms with Gasteiger partial charge in [0.05, 0.1) is 6.54 Å². The molecular weight excluding hydrogens is 258 g/mol. The van der Waals surface area contributed by atoms with Gasteiger partial charge in [-0.2, -0.15) is 0 Å². The summed E-state index contributed by atoms with van der Waals surface area (Å²) >= 11 is 1.66. The molecule has 1 atom stereocenters. The molecule has 1 aliphatic heterocycles. The number of hydrogen-bond acceptors (Lipinski definition) is 5. The predicted molar refractivity (Wildman–Crippen MR) is 75.5 cm³/mol. The number of fused-ring (bicyclic) bond motifs is 1. The number of aromatic nitrogens is 2. The first-order valence-electron chi connectivity index (χ1n) is 6.43.